The lowest BCUT2D eigenvalue weighted by molar-refractivity contribution is -0.137. The summed E-state index contributed by atoms with van der Waals surface area (Å²) >= 11 is 0. The molecule has 9 nitrogen and oxygen atoms in total. The molecule has 1 atom stereocenters. The molecule has 2 heterocycles. The number of esters is 2. The lowest BCUT2D eigenvalue weighted by atomic mass is 10.1. The summed E-state index contributed by atoms with van der Waals surface area (Å²) < 4.78 is 10.0. The Balaban J connectivity index is 1.88. The van der Waals surface area contributed by atoms with Crippen molar-refractivity contribution < 1.29 is 28.7 Å². The van der Waals surface area contributed by atoms with Crippen molar-refractivity contribution >= 4 is 24.5 Å². The lowest BCUT2D eigenvalue weighted by Gasteiger charge is -2.12. The SMILES string of the molecule is N[C@@H](CCC(=O)Oc1cnccc1C=O)C(=O)Oc1cnccc1C=O. The van der Waals surface area contributed by atoms with Gasteiger partial charge in [-0.2, -0.15) is 0 Å². The first-order valence-electron chi connectivity index (χ1n) is 7.51. The van der Waals surface area contributed by atoms with E-state index in [1.807, 2.05) is 0 Å². The zero-order chi connectivity index (χ0) is 18.9. The number of hydrogen-bond acceptors (Lipinski definition) is 9. The molecule has 0 aliphatic rings. The van der Waals surface area contributed by atoms with Gasteiger partial charge in [-0.15, -0.1) is 0 Å². The maximum atomic E-state index is 12.0. The van der Waals surface area contributed by atoms with Crippen LogP contribution in [0.5, 0.6) is 11.5 Å². The fourth-order valence-electron chi connectivity index (χ4n) is 1.90. The third kappa shape index (κ3) is 5.02. The summed E-state index contributed by atoms with van der Waals surface area (Å²) in [5.41, 5.74) is 6.02. The number of ether oxygens (including phenoxy) is 2. The van der Waals surface area contributed by atoms with Gasteiger partial charge in [0.05, 0.1) is 23.5 Å². The highest BCUT2D eigenvalue weighted by Crippen LogP contribution is 2.16. The fourth-order valence-corrected chi connectivity index (χ4v) is 1.90. The molecular weight excluding hydrogens is 342 g/mol. The standard InChI is InChI=1S/C17H15N3O6/c18-13(17(24)26-15-8-20-6-4-12(15)10-22)1-2-16(23)25-14-7-19-5-3-11(14)9-21/h3-10,13H,1-2,18H2/t13-/m0/s1. The molecule has 0 saturated heterocycles. The minimum Gasteiger partial charge on any atom is -0.424 e. The smallest absolute Gasteiger partial charge is 0.328 e. The van der Waals surface area contributed by atoms with Gasteiger partial charge in [-0.3, -0.25) is 24.4 Å². The number of hydrogen-bond donors (Lipinski definition) is 1. The Morgan fingerprint density at radius 1 is 1.00 bits per heavy atom. The van der Waals surface area contributed by atoms with Gasteiger partial charge in [0.15, 0.2) is 24.1 Å². The Morgan fingerprint density at radius 3 is 2.08 bits per heavy atom. The second-order valence-corrected chi connectivity index (χ2v) is 5.10. The number of rotatable bonds is 8. The van der Waals surface area contributed by atoms with E-state index in [1.54, 1.807) is 0 Å². The quantitative estimate of drug-likeness (QED) is 0.534. The Hall–Kier alpha value is -3.46. The molecule has 134 valence electrons. The summed E-state index contributed by atoms with van der Waals surface area (Å²) in [4.78, 5) is 53.0. The van der Waals surface area contributed by atoms with Crippen LogP contribution in [0, 0.1) is 0 Å². The molecular formula is C17H15N3O6. The molecule has 0 bridgehead atoms. The van der Waals surface area contributed by atoms with Gasteiger partial charge in [-0.05, 0) is 18.6 Å². The molecule has 0 fully saturated rings. The van der Waals surface area contributed by atoms with Crippen LogP contribution in [-0.4, -0.2) is 40.5 Å². The van der Waals surface area contributed by atoms with E-state index >= 15 is 0 Å². The number of aromatic nitrogens is 2. The molecule has 0 amide bonds. The van der Waals surface area contributed by atoms with Crippen molar-refractivity contribution in [1.29, 1.82) is 0 Å². The van der Waals surface area contributed by atoms with Crippen LogP contribution in [0.2, 0.25) is 0 Å². The molecule has 0 aliphatic heterocycles. The molecule has 0 spiro atoms. The number of aldehydes is 2. The van der Waals surface area contributed by atoms with Crippen LogP contribution in [-0.2, 0) is 9.59 Å². The van der Waals surface area contributed by atoms with Crippen molar-refractivity contribution in [2.45, 2.75) is 18.9 Å². The maximum Gasteiger partial charge on any atom is 0.328 e. The van der Waals surface area contributed by atoms with E-state index in [0.29, 0.717) is 12.6 Å². The number of carbonyl (C=O) groups is 4. The van der Waals surface area contributed by atoms with Crippen molar-refractivity contribution in [3.05, 3.63) is 48.0 Å². The van der Waals surface area contributed by atoms with Gasteiger partial charge in [-0.1, -0.05) is 0 Å². The van der Waals surface area contributed by atoms with E-state index in [0.717, 1.165) is 0 Å². The third-order valence-corrected chi connectivity index (χ3v) is 3.28. The monoisotopic (exact) mass is 357 g/mol. The first kappa shape index (κ1) is 18.9. The van der Waals surface area contributed by atoms with Gasteiger partial charge in [0.25, 0.3) is 0 Å². The second-order valence-electron chi connectivity index (χ2n) is 5.10. The number of nitrogens with zero attached hydrogens (tertiary/aromatic N) is 2. The number of carbonyl (C=O) groups excluding carboxylic acids is 4. The molecule has 0 saturated carbocycles. The van der Waals surface area contributed by atoms with Crippen molar-refractivity contribution in [3.63, 3.8) is 0 Å². The van der Waals surface area contributed by atoms with E-state index in [2.05, 4.69) is 9.97 Å². The van der Waals surface area contributed by atoms with E-state index in [-0.39, 0.29) is 35.5 Å². The minimum absolute atomic E-state index is 0.0171. The normalized spacial score (nSPS) is 11.3. The van der Waals surface area contributed by atoms with Crippen LogP contribution >= 0.6 is 0 Å². The number of nitrogens with two attached hydrogens (primary N) is 1. The molecule has 2 aromatic rings. The van der Waals surface area contributed by atoms with E-state index < -0.39 is 18.0 Å². The first-order valence-corrected chi connectivity index (χ1v) is 7.51. The molecule has 26 heavy (non-hydrogen) atoms. The number of pyridine rings is 2. The molecule has 2 rings (SSSR count). The van der Waals surface area contributed by atoms with Crippen molar-refractivity contribution in [2.75, 3.05) is 0 Å². The average Bonchev–Trinajstić information content (AvgIpc) is 2.66. The van der Waals surface area contributed by atoms with E-state index in [9.17, 15) is 19.2 Å². The van der Waals surface area contributed by atoms with E-state index in [1.165, 1.54) is 36.9 Å². The average molecular weight is 357 g/mol. The topological polar surface area (TPSA) is 139 Å². The zero-order valence-corrected chi connectivity index (χ0v) is 13.5. The second kappa shape index (κ2) is 9.14. The van der Waals surface area contributed by atoms with Crippen molar-refractivity contribution in [2.24, 2.45) is 5.73 Å². The third-order valence-electron chi connectivity index (χ3n) is 3.28. The van der Waals surface area contributed by atoms with Gasteiger partial charge < -0.3 is 15.2 Å². The molecule has 0 unspecified atom stereocenters. The zero-order valence-electron chi connectivity index (χ0n) is 13.5. The highest BCUT2D eigenvalue weighted by molar-refractivity contribution is 5.84. The van der Waals surface area contributed by atoms with Crippen LogP contribution in [0.25, 0.3) is 0 Å². The Bertz CT molecular complexity index is 824. The largest absolute Gasteiger partial charge is 0.424 e. The lowest BCUT2D eigenvalue weighted by Crippen LogP contribution is -2.35. The van der Waals surface area contributed by atoms with Crippen molar-refractivity contribution in [1.82, 2.24) is 9.97 Å². The highest BCUT2D eigenvalue weighted by Gasteiger charge is 2.20. The van der Waals surface area contributed by atoms with Crippen LogP contribution in [0.3, 0.4) is 0 Å². The van der Waals surface area contributed by atoms with Crippen LogP contribution in [0.15, 0.2) is 36.9 Å². The first-order chi connectivity index (χ1) is 12.5. The van der Waals surface area contributed by atoms with Crippen LogP contribution < -0.4 is 15.2 Å². The fraction of sp³-hybridized carbons (Fsp3) is 0.176. The molecule has 0 radical (unpaired) electrons. The van der Waals surface area contributed by atoms with Crippen LogP contribution in [0.1, 0.15) is 33.6 Å². The molecule has 0 aliphatic carbocycles. The van der Waals surface area contributed by atoms with Gasteiger partial charge in [0.1, 0.15) is 6.04 Å². The summed E-state index contributed by atoms with van der Waals surface area (Å²) in [5, 5.41) is 0. The summed E-state index contributed by atoms with van der Waals surface area (Å²) in [5.74, 6) is -1.49. The van der Waals surface area contributed by atoms with Gasteiger partial charge in [-0.25, -0.2) is 4.79 Å². The highest BCUT2D eigenvalue weighted by atomic mass is 16.5. The van der Waals surface area contributed by atoms with Crippen molar-refractivity contribution in [3.8, 4) is 11.5 Å². The predicted octanol–water partition coefficient (Wildman–Crippen LogP) is 0.720. The van der Waals surface area contributed by atoms with Gasteiger partial charge in [0.2, 0.25) is 0 Å². The Kier molecular flexibility index (Phi) is 6.63. The Labute approximate surface area is 148 Å². The summed E-state index contributed by atoms with van der Waals surface area (Å²) in [6.07, 6.45) is 6.03. The molecule has 2 N–H and O–H groups in total. The summed E-state index contributed by atoms with van der Waals surface area (Å²) in [7, 11) is 0. The minimum atomic E-state index is -1.11. The molecule has 9 heteroatoms. The van der Waals surface area contributed by atoms with E-state index in [4.69, 9.17) is 15.2 Å². The maximum absolute atomic E-state index is 12.0. The van der Waals surface area contributed by atoms with Crippen LogP contribution in [0.4, 0.5) is 0 Å². The van der Waals surface area contributed by atoms with Gasteiger partial charge >= 0.3 is 11.9 Å². The molecule has 0 aromatic carbocycles. The predicted molar refractivity (Wildman–Crippen MR) is 87.7 cm³/mol. The summed E-state index contributed by atoms with van der Waals surface area (Å²) in [6.45, 7) is 0. The molecule has 2 aromatic heterocycles. The van der Waals surface area contributed by atoms with Gasteiger partial charge in [0, 0.05) is 18.8 Å². The summed E-state index contributed by atoms with van der Waals surface area (Å²) in [6, 6.07) is 1.68. The Morgan fingerprint density at radius 2 is 1.54 bits per heavy atom.